The molecule has 2 aliphatic rings. The van der Waals surface area contributed by atoms with Crippen LogP contribution in [0.3, 0.4) is 0 Å². The Labute approximate surface area is 212 Å². The van der Waals surface area contributed by atoms with Gasteiger partial charge in [-0.3, -0.25) is 4.79 Å². The van der Waals surface area contributed by atoms with Crippen LogP contribution in [0.4, 0.5) is 11.4 Å². The van der Waals surface area contributed by atoms with Crippen molar-refractivity contribution in [3.05, 3.63) is 54.4 Å². The Morgan fingerprint density at radius 3 is 2.42 bits per heavy atom. The molecular formula is C28H35N5O3. The number of amides is 1. The van der Waals surface area contributed by atoms with Gasteiger partial charge in [0.2, 0.25) is 17.6 Å². The first-order valence-corrected chi connectivity index (χ1v) is 12.9. The number of rotatable bonds is 7. The zero-order valence-corrected chi connectivity index (χ0v) is 21.2. The van der Waals surface area contributed by atoms with E-state index in [1.54, 1.807) is 7.11 Å². The molecule has 0 aliphatic carbocycles. The van der Waals surface area contributed by atoms with Gasteiger partial charge < -0.3 is 24.0 Å². The van der Waals surface area contributed by atoms with Gasteiger partial charge in [0, 0.05) is 75.1 Å². The summed E-state index contributed by atoms with van der Waals surface area (Å²) in [5.74, 6) is 2.86. The lowest BCUT2D eigenvalue weighted by atomic mass is 9.98. The molecule has 1 aromatic heterocycles. The highest BCUT2D eigenvalue weighted by molar-refractivity contribution is 5.76. The molecule has 0 atom stereocenters. The van der Waals surface area contributed by atoms with E-state index in [0.717, 1.165) is 49.1 Å². The van der Waals surface area contributed by atoms with E-state index in [9.17, 15) is 4.79 Å². The van der Waals surface area contributed by atoms with Crippen molar-refractivity contribution >= 4 is 17.3 Å². The van der Waals surface area contributed by atoms with Crippen LogP contribution in [0.15, 0.2) is 53.1 Å². The van der Waals surface area contributed by atoms with Gasteiger partial charge in [0.05, 0.1) is 7.11 Å². The van der Waals surface area contributed by atoms with Gasteiger partial charge in [-0.25, -0.2) is 0 Å². The molecule has 8 nitrogen and oxygen atoms in total. The van der Waals surface area contributed by atoms with Crippen molar-refractivity contribution in [1.82, 2.24) is 15.0 Å². The fraction of sp³-hybridized carbons (Fsp3) is 0.464. The summed E-state index contributed by atoms with van der Waals surface area (Å²) in [5, 5.41) is 4.15. The van der Waals surface area contributed by atoms with Gasteiger partial charge in [-0.05, 0) is 55.2 Å². The smallest absolute Gasteiger partial charge is 0.227 e. The molecule has 0 N–H and O–H groups in total. The number of hydrogen-bond acceptors (Lipinski definition) is 7. The van der Waals surface area contributed by atoms with Crippen molar-refractivity contribution in [3.63, 3.8) is 0 Å². The van der Waals surface area contributed by atoms with E-state index in [2.05, 4.69) is 57.2 Å². The van der Waals surface area contributed by atoms with Crippen LogP contribution < -0.4 is 14.5 Å². The fourth-order valence-electron chi connectivity index (χ4n) is 4.95. The molecule has 0 spiro atoms. The molecule has 2 fully saturated rings. The van der Waals surface area contributed by atoms with Crippen LogP contribution in [-0.2, 0) is 11.2 Å². The molecule has 3 heterocycles. The zero-order chi connectivity index (χ0) is 24.9. The molecule has 2 saturated heterocycles. The normalized spacial score (nSPS) is 16.9. The first-order chi connectivity index (χ1) is 17.6. The molecule has 0 bridgehead atoms. The maximum atomic E-state index is 12.8. The number of piperazine rings is 1. The third-order valence-electron chi connectivity index (χ3n) is 7.35. The lowest BCUT2D eigenvalue weighted by molar-refractivity contribution is -0.131. The Bertz CT molecular complexity index is 1150. The number of ether oxygens (including phenoxy) is 1. The third kappa shape index (κ3) is 5.64. The Hall–Kier alpha value is -3.55. The minimum absolute atomic E-state index is 0.125. The van der Waals surface area contributed by atoms with Gasteiger partial charge in [-0.2, -0.15) is 4.98 Å². The maximum Gasteiger partial charge on any atom is 0.227 e. The molecule has 2 aliphatic heterocycles. The molecule has 36 heavy (non-hydrogen) atoms. The van der Waals surface area contributed by atoms with Crippen molar-refractivity contribution in [3.8, 4) is 17.1 Å². The molecule has 2 aromatic carbocycles. The number of methoxy groups -OCH3 is 1. The monoisotopic (exact) mass is 489 g/mol. The number of carbonyl (C=O) groups is 1. The van der Waals surface area contributed by atoms with Gasteiger partial charge >= 0.3 is 0 Å². The van der Waals surface area contributed by atoms with Gasteiger partial charge in [-0.1, -0.05) is 18.1 Å². The quantitative estimate of drug-likeness (QED) is 0.491. The summed E-state index contributed by atoms with van der Waals surface area (Å²) in [6, 6.07) is 16.4. The number of nitrogens with zero attached hydrogens (tertiary/aromatic N) is 5. The van der Waals surface area contributed by atoms with E-state index < -0.39 is 0 Å². The average Bonchev–Trinajstić information content (AvgIpc) is 3.41. The number of carbonyl (C=O) groups excluding carboxylic acids is 1. The lowest BCUT2D eigenvalue weighted by Crippen LogP contribution is -2.48. The molecule has 5 rings (SSSR count). The minimum atomic E-state index is 0.125. The van der Waals surface area contributed by atoms with Crippen molar-refractivity contribution in [1.29, 1.82) is 0 Å². The van der Waals surface area contributed by atoms with E-state index in [4.69, 9.17) is 9.26 Å². The number of anilines is 2. The predicted octanol–water partition coefficient (Wildman–Crippen LogP) is 4.26. The molecule has 190 valence electrons. The summed E-state index contributed by atoms with van der Waals surface area (Å²) in [6.07, 6.45) is 3.30. The van der Waals surface area contributed by atoms with E-state index in [-0.39, 0.29) is 5.91 Å². The summed E-state index contributed by atoms with van der Waals surface area (Å²) < 4.78 is 10.8. The van der Waals surface area contributed by atoms with Crippen LogP contribution >= 0.6 is 0 Å². The zero-order valence-electron chi connectivity index (χ0n) is 21.2. The largest absolute Gasteiger partial charge is 0.497 e. The molecule has 0 radical (unpaired) electrons. The Morgan fingerprint density at radius 1 is 0.972 bits per heavy atom. The topological polar surface area (TPSA) is 74.9 Å². The summed E-state index contributed by atoms with van der Waals surface area (Å²) in [6.45, 7) is 7.55. The lowest BCUT2D eigenvalue weighted by Gasteiger charge is -2.36. The summed E-state index contributed by atoms with van der Waals surface area (Å²) in [7, 11) is 1.68. The summed E-state index contributed by atoms with van der Waals surface area (Å²) in [5.41, 5.74) is 3.30. The van der Waals surface area contributed by atoms with E-state index in [0.29, 0.717) is 37.6 Å². The van der Waals surface area contributed by atoms with Crippen LogP contribution in [0.5, 0.6) is 5.75 Å². The second kappa shape index (κ2) is 11.0. The van der Waals surface area contributed by atoms with Crippen LogP contribution in [0.1, 0.15) is 32.1 Å². The SMILES string of the molecule is COc1cccc(N2CCN(C(=O)CCc3nc(-c4ccc(N5CCC(C)CC5)cc4)no3)CC2)c1. The van der Waals surface area contributed by atoms with Crippen molar-refractivity contribution in [2.24, 2.45) is 5.92 Å². The Morgan fingerprint density at radius 2 is 1.69 bits per heavy atom. The molecule has 0 unspecified atom stereocenters. The number of benzene rings is 2. The van der Waals surface area contributed by atoms with Crippen LogP contribution in [0.25, 0.3) is 11.4 Å². The number of piperidine rings is 1. The average molecular weight is 490 g/mol. The van der Waals surface area contributed by atoms with Crippen molar-refractivity contribution < 1.29 is 14.1 Å². The Balaban J connectivity index is 1.10. The highest BCUT2D eigenvalue weighted by atomic mass is 16.5. The number of hydrogen-bond donors (Lipinski definition) is 0. The van der Waals surface area contributed by atoms with Gasteiger partial charge in [0.25, 0.3) is 0 Å². The Kier molecular flexibility index (Phi) is 7.39. The molecule has 1 amide bonds. The van der Waals surface area contributed by atoms with Gasteiger partial charge in [0.15, 0.2) is 0 Å². The maximum absolute atomic E-state index is 12.8. The molecule has 8 heteroatoms. The van der Waals surface area contributed by atoms with Crippen LogP contribution in [0.2, 0.25) is 0 Å². The third-order valence-corrected chi connectivity index (χ3v) is 7.35. The van der Waals surface area contributed by atoms with Crippen LogP contribution in [0, 0.1) is 5.92 Å². The van der Waals surface area contributed by atoms with E-state index >= 15 is 0 Å². The highest BCUT2D eigenvalue weighted by Gasteiger charge is 2.22. The van der Waals surface area contributed by atoms with E-state index in [1.807, 2.05) is 23.1 Å². The second-order valence-electron chi connectivity index (χ2n) is 9.80. The molecule has 3 aromatic rings. The summed E-state index contributed by atoms with van der Waals surface area (Å²) >= 11 is 0. The standard InChI is InChI=1S/C28H35N5O3/c1-21-12-14-31(15-13-21)23-8-6-22(7-9-23)28-29-26(36-30-28)10-11-27(34)33-18-16-32(17-19-33)24-4-3-5-25(20-24)35-2/h3-9,20-21H,10-19H2,1-2H3. The minimum Gasteiger partial charge on any atom is -0.497 e. The fourth-order valence-corrected chi connectivity index (χ4v) is 4.95. The van der Waals surface area contributed by atoms with Crippen molar-refractivity contribution in [2.45, 2.75) is 32.6 Å². The first kappa shape index (κ1) is 24.2. The first-order valence-electron chi connectivity index (χ1n) is 12.9. The second-order valence-corrected chi connectivity index (χ2v) is 9.80. The van der Waals surface area contributed by atoms with Gasteiger partial charge in [0.1, 0.15) is 5.75 Å². The number of aromatic nitrogens is 2. The number of aryl methyl sites for hydroxylation is 1. The van der Waals surface area contributed by atoms with E-state index in [1.165, 1.54) is 18.5 Å². The summed E-state index contributed by atoms with van der Waals surface area (Å²) in [4.78, 5) is 24.0. The van der Waals surface area contributed by atoms with Crippen molar-refractivity contribution in [2.75, 3.05) is 56.2 Å². The predicted molar refractivity (Wildman–Crippen MR) is 140 cm³/mol. The van der Waals surface area contributed by atoms with Crippen LogP contribution in [-0.4, -0.2) is 67.3 Å². The molecule has 0 saturated carbocycles. The molecular weight excluding hydrogens is 454 g/mol. The van der Waals surface area contributed by atoms with Gasteiger partial charge in [-0.15, -0.1) is 0 Å². The highest BCUT2D eigenvalue weighted by Crippen LogP contribution is 2.26.